The lowest BCUT2D eigenvalue weighted by molar-refractivity contribution is -0.118. The van der Waals surface area contributed by atoms with Gasteiger partial charge in [0.2, 0.25) is 11.8 Å². The lowest BCUT2D eigenvalue weighted by Crippen LogP contribution is -2.48. The number of thioether (sulfide) groups is 1. The van der Waals surface area contributed by atoms with Gasteiger partial charge < -0.3 is 9.73 Å². The van der Waals surface area contributed by atoms with E-state index in [9.17, 15) is 4.79 Å². The van der Waals surface area contributed by atoms with E-state index in [1.807, 2.05) is 6.92 Å². The van der Waals surface area contributed by atoms with Crippen LogP contribution in [-0.4, -0.2) is 28.4 Å². The van der Waals surface area contributed by atoms with E-state index in [1.165, 1.54) is 50.3 Å². The van der Waals surface area contributed by atoms with Crippen molar-refractivity contribution in [3.05, 3.63) is 5.89 Å². The molecule has 1 aromatic heterocycles. The zero-order valence-electron chi connectivity index (χ0n) is 13.7. The largest absolute Gasteiger partial charge is 0.415 e. The van der Waals surface area contributed by atoms with Crippen LogP contribution in [0, 0.1) is 17.8 Å². The molecule has 4 aliphatic carbocycles. The molecule has 4 bridgehead atoms. The fourth-order valence-corrected chi connectivity index (χ4v) is 5.89. The van der Waals surface area contributed by atoms with Gasteiger partial charge in [-0.2, -0.15) is 0 Å². The maximum atomic E-state index is 11.7. The number of rotatable bonds is 6. The maximum Gasteiger partial charge on any atom is 0.277 e. The second-order valence-electron chi connectivity index (χ2n) is 7.71. The molecule has 0 atom stereocenters. The number of nitrogens with zero attached hydrogens (tertiary/aromatic N) is 2. The van der Waals surface area contributed by atoms with Crippen LogP contribution < -0.4 is 5.32 Å². The Hall–Kier alpha value is -1.04. The van der Waals surface area contributed by atoms with Crippen LogP contribution in [0.2, 0.25) is 0 Å². The summed E-state index contributed by atoms with van der Waals surface area (Å²) >= 11 is 1.35. The Morgan fingerprint density at radius 3 is 2.48 bits per heavy atom. The lowest BCUT2D eigenvalue weighted by Gasteiger charge is -2.55. The SMILES string of the molecule is CCCNC(=O)CSc1nnc(C23CC4CC(CC(C4)C2)C3)o1. The van der Waals surface area contributed by atoms with Gasteiger partial charge in [0.05, 0.1) is 5.75 Å². The molecule has 1 heterocycles. The third-order valence-electron chi connectivity index (χ3n) is 5.80. The summed E-state index contributed by atoms with van der Waals surface area (Å²) in [6.07, 6.45) is 8.85. The van der Waals surface area contributed by atoms with E-state index in [2.05, 4.69) is 15.5 Å². The zero-order chi connectivity index (χ0) is 15.9. The van der Waals surface area contributed by atoms with Gasteiger partial charge in [-0.15, -0.1) is 10.2 Å². The minimum absolute atomic E-state index is 0.0337. The number of carbonyl (C=O) groups is 1. The highest BCUT2D eigenvalue weighted by atomic mass is 32.2. The van der Waals surface area contributed by atoms with Crippen molar-refractivity contribution in [1.29, 1.82) is 0 Å². The minimum Gasteiger partial charge on any atom is -0.415 e. The second-order valence-corrected chi connectivity index (χ2v) is 8.64. The van der Waals surface area contributed by atoms with Gasteiger partial charge in [0.1, 0.15) is 0 Å². The second kappa shape index (κ2) is 6.11. The molecule has 0 saturated heterocycles. The Balaban J connectivity index is 1.41. The molecule has 1 N–H and O–H groups in total. The summed E-state index contributed by atoms with van der Waals surface area (Å²) in [6, 6.07) is 0. The minimum atomic E-state index is 0.0337. The van der Waals surface area contributed by atoms with Crippen LogP contribution in [0.15, 0.2) is 9.64 Å². The number of hydrogen-bond acceptors (Lipinski definition) is 5. The van der Waals surface area contributed by atoms with Crippen molar-refractivity contribution < 1.29 is 9.21 Å². The van der Waals surface area contributed by atoms with E-state index >= 15 is 0 Å². The van der Waals surface area contributed by atoms with E-state index in [4.69, 9.17) is 4.42 Å². The van der Waals surface area contributed by atoms with Gasteiger partial charge in [0, 0.05) is 12.0 Å². The first-order chi connectivity index (χ1) is 11.2. The number of aromatic nitrogens is 2. The van der Waals surface area contributed by atoms with Crippen LogP contribution in [-0.2, 0) is 10.2 Å². The molecule has 126 valence electrons. The predicted octanol–water partition coefficient (Wildman–Crippen LogP) is 3.16. The van der Waals surface area contributed by atoms with Crippen LogP contribution in [0.3, 0.4) is 0 Å². The molecule has 0 aromatic carbocycles. The fourth-order valence-electron chi connectivity index (χ4n) is 5.30. The van der Waals surface area contributed by atoms with E-state index in [-0.39, 0.29) is 11.3 Å². The zero-order valence-corrected chi connectivity index (χ0v) is 14.5. The molecular formula is C17H25N3O2S. The predicted molar refractivity (Wildman–Crippen MR) is 88.2 cm³/mol. The summed E-state index contributed by atoms with van der Waals surface area (Å²) < 4.78 is 5.98. The molecule has 23 heavy (non-hydrogen) atoms. The first kappa shape index (κ1) is 15.5. The molecule has 6 heteroatoms. The van der Waals surface area contributed by atoms with Gasteiger partial charge >= 0.3 is 0 Å². The van der Waals surface area contributed by atoms with Crippen molar-refractivity contribution in [3.63, 3.8) is 0 Å². The average molecular weight is 335 g/mol. The molecular weight excluding hydrogens is 310 g/mol. The van der Waals surface area contributed by atoms with Gasteiger partial charge in [-0.3, -0.25) is 4.79 Å². The average Bonchev–Trinajstić information content (AvgIpc) is 2.99. The van der Waals surface area contributed by atoms with Crippen molar-refractivity contribution >= 4 is 17.7 Å². The van der Waals surface area contributed by atoms with Gasteiger partial charge in [-0.05, 0) is 62.7 Å². The van der Waals surface area contributed by atoms with Crippen LogP contribution in [0.5, 0.6) is 0 Å². The third-order valence-corrected chi connectivity index (χ3v) is 6.62. The molecule has 0 aliphatic heterocycles. The van der Waals surface area contributed by atoms with Crippen LogP contribution in [0.4, 0.5) is 0 Å². The highest BCUT2D eigenvalue weighted by Gasteiger charge is 2.54. The van der Waals surface area contributed by atoms with Gasteiger partial charge in [0.15, 0.2) is 0 Å². The molecule has 5 nitrogen and oxygen atoms in total. The Kier molecular flexibility index (Phi) is 4.12. The van der Waals surface area contributed by atoms with Crippen molar-refractivity contribution in [2.45, 2.75) is 62.5 Å². The lowest BCUT2D eigenvalue weighted by atomic mass is 9.49. The fraction of sp³-hybridized carbons (Fsp3) is 0.824. The van der Waals surface area contributed by atoms with Crippen molar-refractivity contribution in [1.82, 2.24) is 15.5 Å². The van der Waals surface area contributed by atoms with E-state index in [0.29, 0.717) is 11.0 Å². The quantitative estimate of drug-likeness (QED) is 0.809. The van der Waals surface area contributed by atoms with E-state index < -0.39 is 0 Å². The molecule has 0 unspecified atom stereocenters. The molecule has 1 aromatic rings. The molecule has 4 aliphatic rings. The highest BCUT2D eigenvalue weighted by molar-refractivity contribution is 7.99. The monoisotopic (exact) mass is 335 g/mol. The van der Waals surface area contributed by atoms with Crippen LogP contribution in [0.1, 0.15) is 57.8 Å². The first-order valence-electron chi connectivity index (χ1n) is 8.90. The highest BCUT2D eigenvalue weighted by Crippen LogP contribution is 2.60. The summed E-state index contributed by atoms with van der Waals surface area (Å²) in [5.74, 6) is 3.82. The number of carbonyl (C=O) groups excluding carboxylic acids is 1. The Labute approximate surface area is 141 Å². The summed E-state index contributed by atoms with van der Waals surface area (Å²) in [7, 11) is 0. The normalized spacial score (nSPS) is 34.7. The first-order valence-corrected chi connectivity index (χ1v) is 9.89. The summed E-state index contributed by atoms with van der Waals surface area (Å²) in [5, 5.41) is 12.0. The van der Waals surface area contributed by atoms with Crippen LogP contribution in [0.25, 0.3) is 0 Å². The number of nitrogens with one attached hydrogen (secondary N) is 1. The number of hydrogen-bond donors (Lipinski definition) is 1. The van der Waals surface area contributed by atoms with Crippen molar-refractivity contribution in [2.24, 2.45) is 17.8 Å². The maximum absolute atomic E-state index is 11.7. The Morgan fingerprint density at radius 1 is 1.22 bits per heavy atom. The Morgan fingerprint density at radius 2 is 1.87 bits per heavy atom. The standard InChI is InChI=1S/C17H25N3O2S/c1-2-3-18-14(21)10-23-16-20-19-15(22-16)17-7-11-4-12(8-17)6-13(5-11)9-17/h11-13H,2-10H2,1H3,(H,18,21). The molecule has 0 radical (unpaired) electrons. The van der Waals surface area contributed by atoms with Crippen LogP contribution >= 0.6 is 11.8 Å². The summed E-state index contributed by atoms with van der Waals surface area (Å²) in [5.41, 5.74) is 0.144. The third kappa shape index (κ3) is 3.02. The van der Waals surface area contributed by atoms with Gasteiger partial charge in [-0.25, -0.2) is 0 Å². The van der Waals surface area contributed by atoms with Gasteiger partial charge in [-0.1, -0.05) is 18.7 Å². The topological polar surface area (TPSA) is 68.0 Å². The summed E-state index contributed by atoms with van der Waals surface area (Å²) in [4.78, 5) is 11.7. The van der Waals surface area contributed by atoms with Crippen molar-refractivity contribution in [2.75, 3.05) is 12.3 Å². The molecule has 4 fully saturated rings. The molecule has 4 saturated carbocycles. The molecule has 0 spiro atoms. The Bertz CT molecular complexity index is 551. The number of amides is 1. The molecule has 5 rings (SSSR count). The summed E-state index contributed by atoms with van der Waals surface area (Å²) in [6.45, 7) is 2.77. The van der Waals surface area contributed by atoms with E-state index in [0.717, 1.165) is 36.6 Å². The van der Waals surface area contributed by atoms with Gasteiger partial charge in [0.25, 0.3) is 5.22 Å². The van der Waals surface area contributed by atoms with Crippen molar-refractivity contribution in [3.8, 4) is 0 Å². The smallest absolute Gasteiger partial charge is 0.277 e. The van der Waals surface area contributed by atoms with E-state index in [1.54, 1.807) is 0 Å². The molecule has 1 amide bonds.